The third-order valence-electron chi connectivity index (χ3n) is 2.84. The standard InChI is InChI=1S/C11H23N2O9P/c12-7(11(17)18)3-1-2-4-13-5-8(14)10(16)9(15)6-22-23(19,20)21/h7,9-10,13,15-16H,1-6,12H2,(H,17,18)(H2,19,20,21). The normalized spacial score (nSPS) is 15.9. The third-order valence-corrected chi connectivity index (χ3v) is 3.33. The van der Waals surface area contributed by atoms with E-state index >= 15 is 0 Å². The predicted molar refractivity (Wildman–Crippen MR) is 77.3 cm³/mol. The van der Waals surface area contributed by atoms with Gasteiger partial charge in [-0.1, -0.05) is 6.42 Å². The number of aliphatic hydroxyl groups excluding tert-OH is 2. The molecule has 11 nitrogen and oxygen atoms in total. The van der Waals surface area contributed by atoms with Crippen LogP contribution in [0.1, 0.15) is 19.3 Å². The fourth-order valence-corrected chi connectivity index (χ4v) is 1.88. The molecule has 12 heteroatoms. The van der Waals surface area contributed by atoms with Crippen LogP contribution in [0, 0.1) is 0 Å². The van der Waals surface area contributed by atoms with E-state index in [1.165, 1.54) is 0 Å². The fraction of sp³-hybridized carbons (Fsp3) is 0.818. The summed E-state index contributed by atoms with van der Waals surface area (Å²) in [5.74, 6) is -1.85. The first-order valence-electron chi connectivity index (χ1n) is 6.82. The summed E-state index contributed by atoms with van der Waals surface area (Å²) < 4.78 is 14.4. The maximum Gasteiger partial charge on any atom is 0.469 e. The van der Waals surface area contributed by atoms with E-state index in [2.05, 4.69) is 9.84 Å². The quantitative estimate of drug-likeness (QED) is 0.136. The van der Waals surface area contributed by atoms with E-state index in [1.54, 1.807) is 0 Å². The summed E-state index contributed by atoms with van der Waals surface area (Å²) in [4.78, 5) is 38.9. The second kappa shape index (κ2) is 10.8. The van der Waals surface area contributed by atoms with Crippen molar-refractivity contribution in [3.05, 3.63) is 0 Å². The first-order valence-corrected chi connectivity index (χ1v) is 8.35. The van der Waals surface area contributed by atoms with E-state index < -0.39 is 44.4 Å². The average Bonchev–Trinajstić information content (AvgIpc) is 2.45. The number of nitrogens with one attached hydrogen (secondary N) is 1. The molecule has 0 rings (SSSR count). The van der Waals surface area contributed by atoms with Crippen LogP contribution in [0.5, 0.6) is 0 Å². The van der Waals surface area contributed by atoms with Crippen LogP contribution < -0.4 is 11.1 Å². The summed E-state index contributed by atoms with van der Waals surface area (Å²) in [7, 11) is -4.79. The van der Waals surface area contributed by atoms with Gasteiger partial charge < -0.3 is 36.2 Å². The lowest BCUT2D eigenvalue weighted by atomic mass is 10.1. The van der Waals surface area contributed by atoms with Crippen molar-refractivity contribution in [1.29, 1.82) is 0 Å². The molecule has 0 saturated carbocycles. The summed E-state index contributed by atoms with van der Waals surface area (Å²) in [6, 6.07) is -0.928. The van der Waals surface area contributed by atoms with Gasteiger partial charge >= 0.3 is 13.8 Å². The maximum absolute atomic E-state index is 11.5. The van der Waals surface area contributed by atoms with Gasteiger partial charge in [0.1, 0.15) is 18.2 Å². The minimum absolute atomic E-state index is 0.265. The summed E-state index contributed by atoms with van der Waals surface area (Å²) in [5.41, 5.74) is 5.31. The highest BCUT2D eigenvalue weighted by molar-refractivity contribution is 7.46. The molecule has 0 bridgehead atoms. The van der Waals surface area contributed by atoms with Gasteiger partial charge in [0.25, 0.3) is 0 Å². The van der Waals surface area contributed by atoms with Crippen molar-refractivity contribution in [3.63, 3.8) is 0 Å². The molecule has 0 aromatic carbocycles. The topological polar surface area (TPSA) is 200 Å². The van der Waals surface area contributed by atoms with Crippen molar-refractivity contribution in [2.75, 3.05) is 19.7 Å². The van der Waals surface area contributed by atoms with Gasteiger partial charge in [0, 0.05) is 0 Å². The van der Waals surface area contributed by atoms with Gasteiger partial charge in [-0.15, -0.1) is 0 Å². The Kier molecular flexibility index (Phi) is 10.4. The molecular formula is C11H23N2O9P. The Morgan fingerprint density at radius 2 is 1.83 bits per heavy atom. The molecule has 0 aliphatic heterocycles. The lowest BCUT2D eigenvalue weighted by Crippen LogP contribution is -2.41. The summed E-state index contributed by atoms with van der Waals surface area (Å²) in [5, 5.41) is 30.1. The van der Waals surface area contributed by atoms with E-state index in [0.717, 1.165) is 0 Å². The molecule has 0 aromatic heterocycles. The second-order valence-corrected chi connectivity index (χ2v) is 6.12. The van der Waals surface area contributed by atoms with E-state index in [-0.39, 0.29) is 6.54 Å². The number of carbonyl (C=O) groups is 2. The van der Waals surface area contributed by atoms with E-state index in [9.17, 15) is 24.4 Å². The number of hydrogen-bond acceptors (Lipinski definition) is 8. The van der Waals surface area contributed by atoms with Crippen molar-refractivity contribution in [3.8, 4) is 0 Å². The number of phosphoric ester groups is 1. The van der Waals surface area contributed by atoms with Crippen LogP contribution >= 0.6 is 7.82 Å². The highest BCUT2D eigenvalue weighted by Crippen LogP contribution is 2.35. The zero-order valence-corrected chi connectivity index (χ0v) is 13.3. The lowest BCUT2D eigenvalue weighted by molar-refractivity contribution is -0.138. The number of carboxylic acids is 1. The number of carboxylic acid groups (broad SMARTS) is 1. The van der Waals surface area contributed by atoms with Crippen LogP contribution in [0.15, 0.2) is 0 Å². The number of rotatable bonds is 13. The van der Waals surface area contributed by atoms with Crippen molar-refractivity contribution in [2.24, 2.45) is 5.73 Å². The molecule has 0 aromatic rings. The Morgan fingerprint density at radius 3 is 2.35 bits per heavy atom. The van der Waals surface area contributed by atoms with Gasteiger partial charge in [-0.3, -0.25) is 14.1 Å². The third kappa shape index (κ3) is 11.3. The average molecular weight is 358 g/mol. The zero-order chi connectivity index (χ0) is 18.0. The number of hydrogen-bond donors (Lipinski definition) is 7. The molecule has 0 amide bonds. The highest BCUT2D eigenvalue weighted by atomic mass is 31.2. The number of nitrogens with two attached hydrogens (primary N) is 1. The molecule has 3 atom stereocenters. The minimum atomic E-state index is -4.79. The number of phosphoric acid groups is 1. The SMILES string of the molecule is NC(CCCCNCC(=O)C(O)C(O)COP(=O)(O)O)C(=O)O. The van der Waals surface area contributed by atoms with Gasteiger partial charge in [0.15, 0.2) is 5.78 Å². The molecular weight excluding hydrogens is 335 g/mol. The summed E-state index contributed by atoms with van der Waals surface area (Å²) in [6.45, 7) is -0.775. The molecule has 0 aliphatic carbocycles. The molecule has 0 saturated heterocycles. The van der Waals surface area contributed by atoms with Crippen LogP contribution in [0.25, 0.3) is 0 Å². The van der Waals surface area contributed by atoms with Gasteiger partial charge in [-0.2, -0.15) is 0 Å². The van der Waals surface area contributed by atoms with E-state index in [0.29, 0.717) is 25.8 Å². The number of unbranched alkanes of at least 4 members (excludes halogenated alkanes) is 1. The van der Waals surface area contributed by atoms with Gasteiger partial charge in [0.05, 0.1) is 13.2 Å². The Labute approximate surface area is 132 Å². The van der Waals surface area contributed by atoms with Crippen molar-refractivity contribution in [2.45, 2.75) is 37.5 Å². The van der Waals surface area contributed by atoms with Gasteiger partial charge in [0.2, 0.25) is 0 Å². The summed E-state index contributed by atoms with van der Waals surface area (Å²) >= 11 is 0. The maximum atomic E-state index is 11.5. The molecule has 0 radical (unpaired) electrons. The molecule has 23 heavy (non-hydrogen) atoms. The van der Waals surface area contributed by atoms with Gasteiger partial charge in [-0.05, 0) is 19.4 Å². The van der Waals surface area contributed by atoms with Crippen molar-refractivity contribution < 1.29 is 43.8 Å². The molecule has 0 fully saturated rings. The molecule has 0 heterocycles. The molecule has 8 N–H and O–H groups in total. The fourth-order valence-electron chi connectivity index (χ4n) is 1.53. The monoisotopic (exact) mass is 358 g/mol. The Morgan fingerprint density at radius 1 is 1.22 bits per heavy atom. The van der Waals surface area contributed by atoms with Gasteiger partial charge in [-0.25, -0.2) is 4.57 Å². The Hall–Kier alpha value is -0.910. The second-order valence-electron chi connectivity index (χ2n) is 4.88. The molecule has 136 valence electrons. The number of aliphatic carboxylic acids is 1. The number of aliphatic hydroxyl groups is 2. The smallest absolute Gasteiger partial charge is 0.469 e. The zero-order valence-electron chi connectivity index (χ0n) is 12.4. The van der Waals surface area contributed by atoms with Crippen LogP contribution in [-0.4, -0.2) is 74.8 Å². The Bertz CT molecular complexity index is 428. The first kappa shape index (κ1) is 22.1. The Balaban J connectivity index is 3.84. The van der Waals surface area contributed by atoms with Crippen molar-refractivity contribution >= 4 is 19.6 Å². The lowest BCUT2D eigenvalue weighted by Gasteiger charge is -2.17. The largest absolute Gasteiger partial charge is 0.480 e. The van der Waals surface area contributed by atoms with Crippen LogP contribution in [0.3, 0.4) is 0 Å². The van der Waals surface area contributed by atoms with Crippen molar-refractivity contribution in [1.82, 2.24) is 5.32 Å². The van der Waals surface area contributed by atoms with Crippen LogP contribution in [0.2, 0.25) is 0 Å². The van der Waals surface area contributed by atoms with Crippen LogP contribution in [0.4, 0.5) is 0 Å². The molecule has 3 unspecified atom stereocenters. The number of carbonyl (C=O) groups excluding carboxylic acids is 1. The minimum Gasteiger partial charge on any atom is -0.480 e. The summed E-state index contributed by atoms with van der Waals surface area (Å²) in [6.07, 6.45) is -2.20. The molecule has 0 aliphatic rings. The molecule has 0 spiro atoms. The highest BCUT2D eigenvalue weighted by Gasteiger charge is 2.26. The van der Waals surface area contributed by atoms with E-state index in [4.69, 9.17) is 20.6 Å². The first-order chi connectivity index (χ1) is 10.5. The van der Waals surface area contributed by atoms with Crippen LogP contribution in [-0.2, 0) is 18.7 Å². The predicted octanol–water partition coefficient (Wildman–Crippen LogP) is -2.44. The number of ketones is 1. The van der Waals surface area contributed by atoms with E-state index in [1.807, 2.05) is 0 Å². The number of Topliss-reactive ketones (excluding diaryl/α,β-unsaturated/α-hetero) is 1.